The molecule has 2 N–H and O–H groups in total. The van der Waals surface area contributed by atoms with E-state index in [9.17, 15) is 0 Å². The number of hydrogen-bond donors (Lipinski definition) is 2. The summed E-state index contributed by atoms with van der Waals surface area (Å²) in [6.45, 7) is 0. The minimum Gasteiger partial charge on any atom is -0.428 e. The van der Waals surface area contributed by atoms with Crippen molar-refractivity contribution in [2.75, 3.05) is 0 Å². The zero-order valence-corrected chi connectivity index (χ0v) is 19.8. The summed E-state index contributed by atoms with van der Waals surface area (Å²) in [5.41, 5.74) is 7.59. The molecule has 8 bridgehead atoms. The fourth-order valence-corrected chi connectivity index (χ4v) is 3.21. The van der Waals surface area contributed by atoms with E-state index in [-0.39, 0.29) is 19.5 Å². The van der Waals surface area contributed by atoms with Gasteiger partial charge in [-0.15, -0.1) is 6.07 Å². The summed E-state index contributed by atoms with van der Waals surface area (Å²) in [5, 5.41) is 0. The Morgan fingerprint density at radius 2 is 1.19 bits per heavy atom. The van der Waals surface area contributed by atoms with Gasteiger partial charge in [-0.3, -0.25) is 4.98 Å². The van der Waals surface area contributed by atoms with Gasteiger partial charge in [-0.25, -0.2) is 4.98 Å². The number of fused-ring (bicyclic) bond motifs is 8. The van der Waals surface area contributed by atoms with Crippen LogP contribution in [-0.2, 0) is 19.5 Å². The molecule has 3 aromatic heterocycles. The van der Waals surface area contributed by atoms with Crippen molar-refractivity contribution in [3.8, 4) is 0 Å². The summed E-state index contributed by atoms with van der Waals surface area (Å²) in [7, 11) is 0. The Morgan fingerprint density at radius 1 is 0.613 bits per heavy atom. The molecule has 4 aromatic rings. The first kappa shape index (κ1) is 20.7. The van der Waals surface area contributed by atoms with E-state index in [4.69, 9.17) is 0 Å². The smallest absolute Gasteiger partial charge is 0.428 e. The zero-order chi connectivity index (χ0) is 20.2. The Hall–Kier alpha value is -3.56. The van der Waals surface area contributed by atoms with Crippen LogP contribution in [0.4, 0.5) is 0 Å². The van der Waals surface area contributed by atoms with Gasteiger partial charge < -0.3 is 9.97 Å². The van der Waals surface area contributed by atoms with Gasteiger partial charge in [0.1, 0.15) is 0 Å². The number of aromatic amines is 2. The third-order valence-corrected chi connectivity index (χ3v) is 4.57. The van der Waals surface area contributed by atoms with Crippen LogP contribution in [0.3, 0.4) is 0 Å². The van der Waals surface area contributed by atoms with Crippen molar-refractivity contribution < 1.29 is 19.5 Å². The molecule has 0 radical (unpaired) electrons. The summed E-state index contributed by atoms with van der Waals surface area (Å²) in [5.74, 6) is 0. The molecule has 0 amide bonds. The molecule has 0 saturated heterocycles. The predicted octanol–water partition coefficient (Wildman–Crippen LogP) is 5.94. The predicted molar refractivity (Wildman–Crippen MR) is 123 cm³/mol. The molecular weight excluding hydrogens is 434 g/mol. The van der Waals surface area contributed by atoms with Crippen molar-refractivity contribution in [3.63, 3.8) is 0 Å². The fourth-order valence-electron chi connectivity index (χ4n) is 3.21. The average molecular weight is 452 g/mol. The maximum absolute atomic E-state index is 4.61. The quantitative estimate of drug-likeness (QED) is 0.222. The Kier molecular flexibility index (Phi) is 6.35. The summed E-state index contributed by atoms with van der Waals surface area (Å²) in [4.78, 5) is 15.9. The van der Waals surface area contributed by atoms with Crippen LogP contribution < -0.4 is 0 Å². The number of nitrogens with one attached hydrogen (secondary N) is 2. The van der Waals surface area contributed by atoms with E-state index in [0.29, 0.717) is 0 Å². The first-order valence-corrected chi connectivity index (χ1v) is 9.67. The summed E-state index contributed by atoms with van der Waals surface area (Å²) >= 11 is 0. The molecular formula is C26H18N4Zn. The van der Waals surface area contributed by atoms with Crippen molar-refractivity contribution in [1.82, 2.24) is 19.9 Å². The van der Waals surface area contributed by atoms with E-state index in [1.54, 1.807) is 0 Å². The molecule has 5 heteroatoms. The second kappa shape index (κ2) is 9.50. The van der Waals surface area contributed by atoms with Gasteiger partial charge in [0.05, 0.1) is 22.8 Å². The van der Waals surface area contributed by atoms with Crippen molar-refractivity contribution in [2.45, 2.75) is 0 Å². The first-order chi connectivity index (χ1) is 14.8. The van der Waals surface area contributed by atoms with E-state index in [1.807, 2.05) is 97.1 Å². The van der Waals surface area contributed by atoms with Crippen LogP contribution in [0.15, 0.2) is 72.8 Å². The van der Waals surface area contributed by atoms with Gasteiger partial charge in [-0.2, -0.15) is 48.5 Å². The Labute approximate surface area is 193 Å². The van der Waals surface area contributed by atoms with E-state index < -0.39 is 0 Å². The topological polar surface area (TPSA) is 57.4 Å². The van der Waals surface area contributed by atoms with E-state index in [1.165, 1.54) is 0 Å². The van der Waals surface area contributed by atoms with E-state index in [0.717, 1.165) is 44.8 Å². The van der Waals surface area contributed by atoms with Crippen LogP contribution in [0, 0.1) is 12.1 Å². The number of benzene rings is 1. The maximum Gasteiger partial charge on any atom is 2.00 e. The molecule has 0 fully saturated rings. The molecule has 31 heavy (non-hydrogen) atoms. The minimum atomic E-state index is 0. The van der Waals surface area contributed by atoms with Crippen LogP contribution >= 0.6 is 0 Å². The molecule has 0 atom stereocenters. The third-order valence-electron chi connectivity index (χ3n) is 4.57. The zero-order valence-electron chi connectivity index (χ0n) is 16.8. The van der Waals surface area contributed by atoms with Gasteiger partial charge in [0.2, 0.25) is 0 Å². The molecule has 0 unspecified atom stereocenters. The number of H-pyrrole nitrogens is 2. The number of aromatic nitrogens is 4. The normalized spacial score (nSPS) is 11.4. The molecule has 2 aliphatic heterocycles. The first-order valence-electron chi connectivity index (χ1n) is 9.67. The van der Waals surface area contributed by atoms with Gasteiger partial charge in [0.15, 0.2) is 0 Å². The van der Waals surface area contributed by atoms with Gasteiger partial charge in [-0.05, 0) is 54.1 Å². The van der Waals surface area contributed by atoms with Gasteiger partial charge in [-0.1, -0.05) is 17.1 Å². The summed E-state index contributed by atoms with van der Waals surface area (Å²) in [6.07, 6.45) is 8.01. The standard InChI is InChI=1S/C20H13N4.C6H5.Zn/c1-2-14-10-16-5-6-18(23-16)12-20-8-7-19(24-20)11-17-4-3-15(22-17)9-13(1)21-14;1-2-4-6-5-3-1;/h1-7,9-12,23-24H;1-5H;/q2*-1;+2. The largest absolute Gasteiger partial charge is 2.00 e. The number of nitrogens with zero attached hydrogens (tertiary/aromatic N) is 2. The average Bonchev–Trinajstić information content (AvgIpc) is 3.56. The van der Waals surface area contributed by atoms with Gasteiger partial charge in [0.25, 0.3) is 0 Å². The summed E-state index contributed by atoms with van der Waals surface area (Å²) in [6, 6.07) is 29.8. The minimum absolute atomic E-state index is 0. The van der Waals surface area contributed by atoms with Crippen LogP contribution in [0.2, 0.25) is 0 Å². The van der Waals surface area contributed by atoms with Gasteiger partial charge in [0, 0.05) is 5.52 Å². The Bertz CT molecular complexity index is 1280. The van der Waals surface area contributed by atoms with Crippen molar-refractivity contribution >= 4 is 46.4 Å². The molecule has 5 heterocycles. The Morgan fingerprint density at radius 3 is 1.77 bits per heavy atom. The fraction of sp³-hybridized carbons (Fsp3) is 0. The van der Waals surface area contributed by atoms with E-state index >= 15 is 0 Å². The summed E-state index contributed by atoms with van der Waals surface area (Å²) < 4.78 is 0. The Balaban J connectivity index is 0.000000288. The van der Waals surface area contributed by atoms with Crippen LogP contribution in [0.1, 0.15) is 22.8 Å². The van der Waals surface area contributed by atoms with Crippen LogP contribution in [0.5, 0.6) is 0 Å². The second-order valence-electron chi connectivity index (χ2n) is 6.90. The molecule has 0 saturated carbocycles. The monoisotopic (exact) mass is 450 g/mol. The molecule has 0 aliphatic carbocycles. The van der Waals surface area contributed by atoms with Crippen LogP contribution in [-0.4, -0.2) is 19.9 Å². The molecule has 4 nitrogen and oxygen atoms in total. The SMILES string of the molecule is [Zn+2].[c-]1cc2cc3nc(cc4nc(cc5ccc(cc1[nH]2)[nH]5)C=C4)C=C3.[c-]1ccccc1. The molecule has 2 aliphatic rings. The number of hydrogen-bond acceptors (Lipinski definition) is 2. The third kappa shape index (κ3) is 5.33. The molecule has 6 rings (SSSR count). The van der Waals surface area contributed by atoms with Crippen molar-refractivity contribution in [2.24, 2.45) is 0 Å². The van der Waals surface area contributed by atoms with E-state index in [2.05, 4.69) is 32.1 Å². The van der Waals surface area contributed by atoms with Gasteiger partial charge >= 0.3 is 19.5 Å². The second-order valence-corrected chi connectivity index (χ2v) is 6.90. The van der Waals surface area contributed by atoms with Crippen molar-refractivity contribution in [1.29, 1.82) is 0 Å². The molecule has 0 spiro atoms. The maximum atomic E-state index is 4.61. The van der Waals surface area contributed by atoms with Crippen molar-refractivity contribution in [3.05, 3.63) is 108 Å². The number of rotatable bonds is 0. The molecule has 144 valence electrons. The molecule has 1 aromatic carbocycles. The van der Waals surface area contributed by atoms with Crippen LogP contribution in [0.25, 0.3) is 46.4 Å².